The summed E-state index contributed by atoms with van der Waals surface area (Å²) in [5.74, 6) is 0.893. The van der Waals surface area contributed by atoms with Crippen molar-refractivity contribution in [1.29, 1.82) is 0 Å². The molecular weight excluding hydrogens is 174 g/mol. The molecule has 1 aliphatic rings. The van der Waals surface area contributed by atoms with Crippen LogP contribution in [0.5, 0.6) is 0 Å². The molecule has 1 fully saturated rings. The summed E-state index contributed by atoms with van der Waals surface area (Å²) in [7, 11) is -2.75. The fourth-order valence-electron chi connectivity index (χ4n) is 1.49. The van der Waals surface area contributed by atoms with Crippen molar-refractivity contribution in [3.05, 3.63) is 12.7 Å². The second kappa shape index (κ2) is 3.58. The van der Waals surface area contributed by atoms with Gasteiger partial charge in [-0.3, -0.25) is 0 Å². The molecule has 1 rings (SSSR count). The first-order valence-corrected chi connectivity index (χ1v) is 5.96. The van der Waals surface area contributed by atoms with E-state index in [1.165, 1.54) is 0 Å². The van der Waals surface area contributed by atoms with Gasteiger partial charge in [-0.15, -0.1) is 6.58 Å². The van der Waals surface area contributed by atoms with E-state index in [2.05, 4.69) is 6.58 Å². The lowest BCUT2D eigenvalue weighted by Gasteiger charge is -2.25. The molecule has 2 N–H and O–H groups in total. The Kier molecular flexibility index (Phi) is 2.90. The van der Waals surface area contributed by atoms with Gasteiger partial charge < -0.3 is 5.73 Å². The first-order valence-electron chi connectivity index (χ1n) is 4.14. The van der Waals surface area contributed by atoms with Crippen molar-refractivity contribution in [3.63, 3.8) is 0 Å². The van der Waals surface area contributed by atoms with E-state index < -0.39 is 9.84 Å². The lowest BCUT2D eigenvalue weighted by molar-refractivity contribution is 0.426. The van der Waals surface area contributed by atoms with Gasteiger partial charge in [0.2, 0.25) is 0 Å². The van der Waals surface area contributed by atoms with E-state index >= 15 is 0 Å². The fraction of sp³-hybridized carbons (Fsp3) is 0.750. The van der Waals surface area contributed by atoms with Gasteiger partial charge in [-0.2, -0.15) is 0 Å². The smallest absolute Gasteiger partial charge is 0.150 e. The highest BCUT2D eigenvalue weighted by molar-refractivity contribution is 7.91. The van der Waals surface area contributed by atoms with Crippen LogP contribution in [0.4, 0.5) is 0 Å². The predicted octanol–water partition coefficient (Wildman–Crippen LogP) is 0.324. The summed E-state index contributed by atoms with van der Waals surface area (Å²) < 4.78 is 22.1. The quantitative estimate of drug-likeness (QED) is 0.637. The monoisotopic (exact) mass is 189 g/mol. The lowest BCUT2D eigenvalue weighted by atomic mass is 9.95. The van der Waals surface area contributed by atoms with Gasteiger partial charge in [-0.05, 0) is 18.8 Å². The topological polar surface area (TPSA) is 60.2 Å². The van der Waals surface area contributed by atoms with Crippen molar-refractivity contribution < 1.29 is 8.42 Å². The molecule has 0 radical (unpaired) electrons. The minimum absolute atomic E-state index is 0.0412. The van der Waals surface area contributed by atoms with E-state index in [-0.39, 0.29) is 6.04 Å². The van der Waals surface area contributed by atoms with E-state index in [1.807, 2.05) is 0 Å². The largest absolute Gasteiger partial charge is 0.324 e. The van der Waals surface area contributed by atoms with Gasteiger partial charge in [0.05, 0.1) is 11.5 Å². The second-order valence-electron chi connectivity index (χ2n) is 3.30. The molecule has 0 aliphatic carbocycles. The van der Waals surface area contributed by atoms with Crippen LogP contribution in [0.3, 0.4) is 0 Å². The molecule has 1 saturated heterocycles. The van der Waals surface area contributed by atoms with Crippen LogP contribution >= 0.6 is 0 Å². The Morgan fingerprint density at radius 3 is 2.33 bits per heavy atom. The number of nitrogens with two attached hydrogens (primary N) is 1. The normalized spacial score (nSPS) is 26.4. The first kappa shape index (κ1) is 9.74. The molecule has 3 nitrogen and oxygen atoms in total. The lowest BCUT2D eigenvalue weighted by Crippen LogP contribution is -2.34. The molecule has 0 saturated carbocycles. The molecule has 0 aromatic carbocycles. The molecule has 1 unspecified atom stereocenters. The fourth-order valence-corrected chi connectivity index (χ4v) is 3.01. The number of sulfone groups is 1. The van der Waals surface area contributed by atoms with Crippen LogP contribution in [-0.4, -0.2) is 26.0 Å². The summed E-state index contributed by atoms with van der Waals surface area (Å²) in [6.07, 6.45) is 3.08. The highest BCUT2D eigenvalue weighted by atomic mass is 32.2. The summed E-state index contributed by atoms with van der Waals surface area (Å²) >= 11 is 0. The van der Waals surface area contributed by atoms with Crippen LogP contribution in [0.15, 0.2) is 12.7 Å². The highest BCUT2D eigenvalue weighted by Gasteiger charge is 2.26. The summed E-state index contributed by atoms with van der Waals surface area (Å²) in [4.78, 5) is 0. The van der Waals surface area contributed by atoms with E-state index in [4.69, 9.17) is 5.73 Å². The molecule has 70 valence electrons. The van der Waals surface area contributed by atoms with E-state index in [0.717, 1.165) is 0 Å². The molecule has 1 atom stereocenters. The van der Waals surface area contributed by atoms with Gasteiger partial charge in [-0.25, -0.2) is 8.42 Å². The van der Waals surface area contributed by atoms with Crippen molar-refractivity contribution >= 4 is 9.84 Å². The molecular formula is C8H15NO2S. The first-order chi connectivity index (χ1) is 5.55. The van der Waals surface area contributed by atoms with Crippen LogP contribution in [0.2, 0.25) is 0 Å². The van der Waals surface area contributed by atoms with Crippen molar-refractivity contribution in [3.8, 4) is 0 Å². The Morgan fingerprint density at radius 2 is 1.92 bits per heavy atom. The molecule has 0 spiro atoms. The third-order valence-corrected chi connectivity index (χ3v) is 4.13. The molecule has 1 aliphatic heterocycles. The van der Waals surface area contributed by atoms with Crippen LogP contribution in [0.25, 0.3) is 0 Å². The Morgan fingerprint density at radius 1 is 1.42 bits per heavy atom. The van der Waals surface area contributed by atoms with E-state index in [1.54, 1.807) is 6.08 Å². The highest BCUT2D eigenvalue weighted by Crippen LogP contribution is 2.21. The van der Waals surface area contributed by atoms with Gasteiger partial charge in [0.25, 0.3) is 0 Å². The molecule has 12 heavy (non-hydrogen) atoms. The van der Waals surface area contributed by atoms with Crippen LogP contribution in [0.1, 0.15) is 12.8 Å². The maximum atomic E-state index is 11.0. The second-order valence-corrected chi connectivity index (χ2v) is 5.61. The van der Waals surface area contributed by atoms with Crippen LogP contribution < -0.4 is 5.73 Å². The number of hydrogen-bond donors (Lipinski definition) is 1. The van der Waals surface area contributed by atoms with Gasteiger partial charge in [-0.1, -0.05) is 6.08 Å². The Balaban J connectivity index is 2.51. The maximum absolute atomic E-state index is 11.0. The zero-order valence-electron chi connectivity index (χ0n) is 7.07. The van der Waals surface area contributed by atoms with Gasteiger partial charge in [0.1, 0.15) is 9.84 Å². The number of hydrogen-bond acceptors (Lipinski definition) is 3. The minimum Gasteiger partial charge on any atom is -0.324 e. The van der Waals surface area contributed by atoms with E-state index in [9.17, 15) is 8.42 Å². The minimum atomic E-state index is -2.75. The summed E-state index contributed by atoms with van der Waals surface area (Å²) in [5.41, 5.74) is 5.72. The van der Waals surface area contributed by atoms with Crippen LogP contribution in [-0.2, 0) is 9.84 Å². The molecule has 0 aromatic rings. The summed E-state index contributed by atoms with van der Waals surface area (Å²) in [6, 6.07) is -0.0412. The summed E-state index contributed by atoms with van der Waals surface area (Å²) in [6.45, 7) is 3.60. The summed E-state index contributed by atoms with van der Waals surface area (Å²) in [5, 5.41) is 0. The zero-order chi connectivity index (χ0) is 9.19. The third-order valence-electron chi connectivity index (χ3n) is 2.42. The van der Waals surface area contributed by atoms with Crippen molar-refractivity contribution in [2.24, 2.45) is 11.7 Å². The standard InChI is InChI=1S/C8H15NO2S/c1-2-8(9)7-3-5-12(10,11)6-4-7/h2,7-8H,1,3-6,9H2. The zero-order valence-corrected chi connectivity index (χ0v) is 7.89. The van der Waals surface area contributed by atoms with E-state index in [0.29, 0.717) is 30.3 Å². The average Bonchev–Trinajstić information content (AvgIpc) is 2.03. The van der Waals surface area contributed by atoms with Crippen molar-refractivity contribution in [2.75, 3.05) is 11.5 Å². The van der Waals surface area contributed by atoms with Gasteiger partial charge >= 0.3 is 0 Å². The molecule has 4 heteroatoms. The van der Waals surface area contributed by atoms with Gasteiger partial charge in [0, 0.05) is 6.04 Å². The molecule has 1 heterocycles. The predicted molar refractivity (Wildman–Crippen MR) is 49.6 cm³/mol. The molecule has 0 amide bonds. The Hall–Kier alpha value is -0.350. The maximum Gasteiger partial charge on any atom is 0.150 e. The Labute approximate surface area is 73.6 Å². The average molecular weight is 189 g/mol. The van der Waals surface area contributed by atoms with Gasteiger partial charge in [0.15, 0.2) is 0 Å². The SMILES string of the molecule is C=CC(N)C1CCS(=O)(=O)CC1. The molecule has 0 bridgehead atoms. The Bertz CT molecular complexity index is 244. The van der Waals surface area contributed by atoms with Crippen molar-refractivity contribution in [2.45, 2.75) is 18.9 Å². The number of rotatable bonds is 2. The molecule has 0 aromatic heterocycles. The van der Waals surface area contributed by atoms with Crippen molar-refractivity contribution in [1.82, 2.24) is 0 Å². The third kappa shape index (κ3) is 2.32. The van der Waals surface area contributed by atoms with Crippen LogP contribution in [0, 0.1) is 5.92 Å².